The molecule has 0 saturated carbocycles. The number of aromatic amines is 4. The molecule has 15 rings (SSSR count). The average Bonchev–Trinajstić information content (AvgIpc) is 1.67. The minimum absolute atomic E-state index is 0.232. The van der Waals surface area contributed by atoms with E-state index in [4.69, 9.17) is 15.3 Å². The largest absolute Gasteiger partial charge is 0.361 e. The smallest absolute Gasteiger partial charge is 0.338 e. The van der Waals surface area contributed by atoms with Crippen LogP contribution in [0, 0.1) is 0 Å². The highest BCUT2D eigenvalue weighted by Gasteiger charge is 2.26. The maximum Gasteiger partial charge on any atom is 0.338 e. The lowest BCUT2D eigenvalue weighted by Crippen LogP contribution is -2.22. The number of hydrogen-bond acceptors (Lipinski definition) is 18. The monoisotopic (exact) mass is 1570 g/mol. The Bertz CT molecular complexity index is 6260. The molecule has 6 aromatic carbocycles. The van der Waals surface area contributed by atoms with Gasteiger partial charge in [-0.1, -0.05) is 147 Å². The summed E-state index contributed by atoms with van der Waals surface area (Å²) in [6.07, 6.45) is 1.85. The number of nitrogens with one attached hydrogen (secondary N) is 10. The number of thiazole rings is 1. The lowest BCUT2D eigenvalue weighted by molar-refractivity contribution is 0.261. The van der Waals surface area contributed by atoms with Crippen molar-refractivity contribution in [2.24, 2.45) is 0 Å². The predicted octanol–water partition coefficient (Wildman–Crippen LogP) is 13.5. The van der Waals surface area contributed by atoms with Crippen molar-refractivity contribution in [1.29, 1.82) is 0 Å². The number of anilines is 6. The van der Waals surface area contributed by atoms with Crippen LogP contribution in [0.2, 0.25) is 0 Å². The Kier molecular flexibility index (Phi) is 21.9. The molecule has 566 valence electrons. The van der Waals surface area contributed by atoms with Gasteiger partial charge in [-0.05, 0) is 95.6 Å². The number of amides is 6. The number of nitrogens with zero attached hydrogens (tertiary/aromatic N) is 11. The molecule has 0 bridgehead atoms. The predicted molar refractivity (Wildman–Crippen MR) is 437 cm³/mol. The molecular weight excluding hydrogens is 1490 g/mol. The number of carbonyl (C=O) groups excluding carboxylic acids is 3. The minimum Gasteiger partial charge on any atom is -0.361 e. The van der Waals surface area contributed by atoms with E-state index in [0.717, 1.165) is 118 Å². The van der Waals surface area contributed by atoms with Gasteiger partial charge in [0, 0.05) is 108 Å². The van der Waals surface area contributed by atoms with E-state index in [1.165, 1.54) is 23.2 Å². The van der Waals surface area contributed by atoms with Crippen molar-refractivity contribution in [1.82, 2.24) is 71.1 Å². The number of benzene rings is 6. The van der Waals surface area contributed by atoms with Gasteiger partial charge >= 0.3 is 49.8 Å². The second-order valence-electron chi connectivity index (χ2n) is 28.6. The summed E-state index contributed by atoms with van der Waals surface area (Å²) in [7, 11) is 0. The van der Waals surface area contributed by atoms with E-state index in [9.17, 15) is 43.2 Å². The van der Waals surface area contributed by atoms with E-state index < -0.39 is 29.1 Å². The summed E-state index contributed by atoms with van der Waals surface area (Å²) in [4.78, 5) is 126. The maximum atomic E-state index is 12.9. The molecular formula is C77H75N21O9S4. The van der Waals surface area contributed by atoms with Crippen LogP contribution in [0.3, 0.4) is 0 Å². The van der Waals surface area contributed by atoms with Crippen LogP contribution in [0.1, 0.15) is 96.1 Å². The zero-order valence-electron chi connectivity index (χ0n) is 61.3. The fourth-order valence-electron chi connectivity index (χ4n) is 11.2. The lowest BCUT2D eigenvalue weighted by Gasteiger charge is -2.14. The van der Waals surface area contributed by atoms with E-state index in [1.807, 2.05) is 229 Å². The number of H-pyrrole nitrogens is 4. The van der Waals surface area contributed by atoms with Crippen molar-refractivity contribution in [3.05, 3.63) is 288 Å². The van der Waals surface area contributed by atoms with Gasteiger partial charge in [0.1, 0.15) is 23.3 Å². The van der Waals surface area contributed by atoms with Gasteiger partial charge in [0.2, 0.25) is 0 Å². The second kappa shape index (κ2) is 31.9. The number of urea groups is 3. The first-order valence-corrected chi connectivity index (χ1v) is 37.9. The standard InChI is InChI=1S/C26H25N7O3S2.C26H25N7O3S.C25H25N7O3S/c1-26(2,3)20-13-21(28-22(34)29-23-27-19(15-37-23)17-7-5-4-6-8-17)33(31-20)18-11-9-16(10-12-18)14-32-24(35)30-25(36)38-32;1-26(2,3)20-14-22(29-23(34)28-21-13-10-17-6-4-5-7-19(17)27-21)33(31-20)18-11-8-16(9-12-18)15-32-24(35)30-25(36)37-32;1-25(2,3)20-13-21(28-22(33)27-17-6-9-19-16(12-17)10-11-26-19)32(30-20)18-7-4-15(5-8-18)14-31-23(34)29-24(35)36-31/h4-13,15H,14H2,1-3H3,(H,30,35,36)(H2,27,28,29,34);4-14H,15H2,1-3H3,(H,30,35,36)(H2,27,28,29,34);4-13,26H,14H2,1-3H3,(H2,27,28,33)(H,29,34,35). The summed E-state index contributed by atoms with van der Waals surface area (Å²) >= 11 is 3.88. The summed E-state index contributed by atoms with van der Waals surface area (Å²) in [6.45, 7) is 19.3. The van der Waals surface area contributed by atoms with Crippen LogP contribution in [-0.2, 0) is 35.9 Å². The van der Waals surface area contributed by atoms with Crippen LogP contribution >= 0.6 is 45.9 Å². The summed E-state index contributed by atoms with van der Waals surface area (Å²) in [5.74, 6) is 1.95. The lowest BCUT2D eigenvalue weighted by atomic mass is 9.92. The van der Waals surface area contributed by atoms with Gasteiger partial charge < -0.3 is 10.3 Å². The molecule has 30 nitrogen and oxygen atoms in total. The molecule has 0 fully saturated rings. The quantitative estimate of drug-likeness (QED) is 0.0430. The number of carbonyl (C=O) groups is 3. The molecule has 9 heterocycles. The number of para-hydroxylation sites is 1. The first-order chi connectivity index (χ1) is 53.0. The van der Waals surface area contributed by atoms with Crippen molar-refractivity contribution in [3.63, 3.8) is 0 Å². The Labute approximate surface area is 647 Å². The highest BCUT2D eigenvalue weighted by atomic mass is 32.1. The zero-order chi connectivity index (χ0) is 78.5. The topological polar surface area (TPSA) is 383 Å². The molecule has 0 atom stereocenters. The molecule has 0 aliphatic heterocycles. The average molecular weight is 1570 g/mol. The van der Waals surface area contributed by atoms with Crippen LogP contribution < -0.4 is 63.6 Å². The Morgan fingerprint density at radius 1 is 0.414 bits per heavy atom. The highest BCUT2D eigenvalue weighted by Crippen LogP contribution is 2.32. The van der Waals surface area contributed by atoms with E-state index >= 15 is 0 Å². The van der Waals surface area contributed by atoms with Gasteiger partial charge in [-0.2, -0.15) is 15.3 Å². The third-order valence-electron chi connectivity index (χ3n) is 17.0. The van der Waals surface area contributed by atoms with Gasteiger partial charge in [-0.3, -0.25) is 55.9 Å². The molecule has 111 heavy (non-hydrogen) atoms. The van der Waals surface area contributed by atoms with Crippen molar-refractivity contribution >= 4 is 120 Å². The van der Waals surface area contributed by atoms with Crippen LogP contribution in [0.5, 0.6) is 0 Å². The molecule has 6 amide bonds. The fourth-order valence-corrected chi connectivity index (χ4v) is 13.9. The van der Waals surface area contributed by atoms with Crippen LogP contribution in [-0.4, -0.2) is 89.2 Å². The van der Waals surface area contributed by atoms with E-state index in [1.54, 1.807) is 20.1 Å². The minimum atomic E-state index is -0.442. The van der Waals surface area contributed by atoms with E-state index in [-0.39, 0.29) is 56.5 Å². The molecule has 9 aromatic heterocycles. The zero-order valence-corrected chi connectivity index (χ0v) is 64.6. The van der Waals surface area contributed by atoms with Crippen molar-refractivity contribution < 1.29 is 14.4 Å². The Morgan fingerprint density at radius 3 is 1.27 bits per heavy atom. The van der Waals surface area contributed by atoms with Crippen molar-refractivity contribution in [3.8, 4) is 28.3 Å². The van der Waals surface area contributed by atoms with Gasteiger partial charge in [0.05, 0.1) is 65.0 Å². The van der Waals surface area contributed by atoms with Gasteiger partial charge in [-0.25, -0.2) is 64.7 Å². The molecule has 0 saturated heterocycles. The summed E-state index contributed by atoms with van der Waals surface area (Å²) in [6, 6.07) is 55.3. The first kappa shape index (κ1) is 76.0. The maximum absolute atomic E-state index is 12.9. The molecule has 0 unspecified atom stereocenters. The first-order valence-electron chi connectivity index (χ1n) is 34.7. The molecule has 0 radical (unpaired) electrons. The molecule has 0 spiro atoms. The SMILES string of the molecule is CC(C)(C)c1cc(NC(=O)Nc2ccc3[nH]ccc3c2)n(-c2ccc(Cn3sc(=O)[nH]c3=O)cc2)n1.CC(C)(C)c1cc(NC(=O)Nc2ccc3ccccc3n2)n(-c2ccc(Cn3sc(=O)[nH]c3=O)cc2)n1.CC(C)(C)c1cc(NC(=O)Nc2nc(-c3ccccc3)cs2)n(-c2ccc(Cn3sc(=O)[nH]c3=O)cc2)n1. The van der Waals surface area contributed by atoms with Crippen molar-refractivity contribution in [2.75, 3.05) is 31.9 Å². The van der Waals surface area contributed by atoms with E-state index in [2.05, 4.69) is 82.6 Å². The van der Waals surface area contributed by atoms with Gasteiger partial charge in [0.15, 0.2) is 5.13 Å². The third kappa shape index (κ3) is 18.9. The summed E-state index contributed by atoms with van der Waals surface area (Å²) in [5, 5.41) is 35.8. The molecule has 34 heteroatoms. The second-order valence-corrected chi connectivity index (χ2v) is 32.4. The number of aromatic nitrogens is 15. The highest BCUT2D eigenvalue weighted by molar-refractivity contribution is 7.14. The number of rotatable bonds is 16. The molecule has 0 aliphatic rings. The number of pyridine rings is 1. The number of hydrogen-bond donors (Lipinski definition) is 10. The Morgan fingerprint density at radius 2 is 0.838 bits per heavy atom. The van der Waals surface area contributed by atoms with Gasteiger partial charge in [-0.15, -0.1) is 11.3 Å². The van der Waals surface area contributed by atoms with Gasteiger partial charge in [0.25, 0.3) is 0 Å². The Balaban J connectivity index is 0.000000146. The third-order valence-corrected chi connectivity index (χ3v) is 20.1. The van der Waals surface area contributed by atoms with Crippen LogP contribution in [0.4, 0.5) is 48.5 Å². The van der Waals surface area contributed by atoms with Crippen LogP contribution in [0.15, 0.2) is 222 Å². The molecule has 15 aromatic rings. The van der Waals surface area contributed by atoms with Crippen molar-refractivity contribution in [2.45, 2.75) is 98.2 Å². The van der Waals surface area contributed by atoms with E-state index in [0.29, 0.717) is 34.1 Å². The molecule has 0 aliphatic carbocycles. The Hall–Kier alpha value is -13.2. The van der Waals surface area contributed by atoms with Crippen LogP contribution in [0.25, 0.3) is 50.1 Å². The number of fused-ring (bicyclic) bond motifs is 2. The summed E-state index contributed by atoms with van der Waals surface area (Å²) < 4.78 is 9.11. The molecule has 10 N–H and O–H groups in total. The normalized spacial score (nSPS) is 11.5. The fraction of sp³-hybridized carbons (Fsp3) is 0.195. The summed E-state index contributed by atoms with van der Waals surface area (Å²) in [5.41, 5.74) is 9.39.